The van der Waals surface area contributed by atoms with Gasteiger partial charge in [-0.2, -0.15) is 0 Å². The fourth-order valence-electron chi connectivity index (χ4n) is 2.19. The van der Waals surface area contributed by atoms with E-state index in [9.17, 15) is 4.79 Å². The molecule has 8 heteroatoms. The van der Waals surface area contributed by atoms with E-state index >= 15 is 0 Å². The Kier molecular flexibility index (Phi) is 5.19. The van der Waals surface area contributed by atoms with E-state index in [1.165, 1.54) is 11.8 Å². The molecule has 7 nitrogen and oxygen atoms in total. The second-order valence-corrected chi connectivity index (χ2v) is 5.91. The van der Waals surface area contributed by atoms with Crippen molar-refractivity contribution in [2.75, 3.05) is 5.75 Å². The summed E-state index contributed by atoms with van der Waals surface area (Å²) in [7, 11) is 0. The summed E-state index contributed by atoms with van der Waals surface area (Å²) in [5.74, 6) is 5.78. The largest absolute Gasteiger partial charge is 0.298 e. The van der Waals surface area contributed by atoms with E-state index in [-0.39, 0.29) is 11.7 Å². The summed E-state index contributed by atoms with van der Waals surface area (Å²) in [5, 5.41) is 9.18. The number of hydrogen-bond acceptors (Lipinski definition) is 6. The number of pyridine rings is 1. The number of aromatic nitrogens is 4. The molecule has 0 spiro atoms. The van der Waals surface area contributed by atoms with Crippen LogP contribution in [0.15, 0.2) is 60.0 Å². The number of benzene rings is 1. The van der Waals surface area contributed by atoms with E-state index in [0.717, 1.165) is 17.0 Å². The van der Waals surface area contributed by atoms with Crippen molar-refractivity contribution < 1.29 is 4.79 Å². The minimum absolute atomic E-state index is 0.180. The average Bonchev–Trinajstić information content (AvgIpc) is 3.04. The van der Waals surface area contributed by atoms with Crippen molar-refractivity contribution in [3.63, 3.8) is 0 Å². The predicted molar refractivity (Wildman–Crippen MR) is 91.9 cm³/mol. The van der Waals surface area contributed by atoms with Gasteiger partial charge < -0.3 is 0 Å². The third kappa shape index (κ3) is 3.79. The van der Waals surface area contributed by atoms with E-state index in [4.69, 9.17) is 5.84 Å². The standard InChI is InChI=1S/C16H16N6OS/c17-19-14(23)11-24-16-21-20-15(13-6-8-18-9-7-13)22(16)10-12-4-2-1-3-5-12/h1-9H,10-11,17H2,(H,19,23). The minimum atomic E-state index is -0.264. The van der Waals surface area contributed by atoms with Crippen LogP contribution in [0.25, 0.3) is 11.4 Å². The highest BCUT2D eigenvalue weighted by Crippen LogP contribution is 2.24. The molecule has 0 saturated heterocycles. The fraction of sp³-hybridized carbons (Fsp3) is 0.125. The summed E-state index contributed by atoms with van der Waals surface area (Å²) in [6.45, 7) is 0.609. The first-order valence-corrected chi connectivity index (χ1v) is 8.26. The lowest BCUT2D eigenvalue weighted by molar-refractivity contribution is -0.118. The Bertz CT molecular complexity index is 806. The first-order valence-electron chi connectivity index (χ1n) is 7.27. The molecule has 0 aliphatic carbocycles. The molecule has 0 radical (unpaired) electrons. The fourth-order valence-corrected chi connectivity index (χ4v) is 2.94. The summed E-state index contributed by atoms with van der Waals surface area (Å²) in [4.78, 5) is 15.4. The van der Waals surface area contributed by atoms with Crippen LogP contribution in [0, 0.1) is 0 Å². The molecular formula is C16H16N6OS. The molecule has 0 atom stereocenters. The van der Waals surface area contributed by atoms with E-state index in [1.54, 1.807) is 12.4 Å². The lowest BCUT2D eigenvalue weighted by atomic mass is 10.2. The van der Waals surface area contributed by atoms with E-state index < -0.39 is 0 Å². The number of hydrazine groups is 1. The third-order valence-electron chi connectivity index (χ3n) is 3.33. The van der Waals surface area contributed by atoms with Crippen molar-refractivity contribution in [3.05, 3.63) is 60.4 Å². The highest BCUT2D eigenvalue weighted by Gasteiger charge is 2.15. The van der Waals surface area contributed by atoms with Crippen LogP contribution >= 0.6 is 11.8 Å². The number of nitrogens with zero attached hydrogens (tertiary/aromatic N) is 4. The third-order valence-corrected chi connectivity index (χ3v) is 4.30. The van der Waals surface area contributed by atoms with Crippen LogP contribution in [0.3, 0.4) is 0 Å². The highest BCUT2D eigenvalue weighted by atomic mass is 32.2. The molecule has 24 heavy (non-hydrogen) atoms. The second-order valence-electron chi connectivity index (χ2n) is 4.97. The second kappa shape index (κ2) is 7.71. The van der Waals surface area contributed by atoms with E-state index in [0.29, 0.717) is 11.7 Å². The lowest BCUT2D eigenvalue weighted by Crippen LogP contribution is -2.31. The van der Waals surface area contributed by atoms with Crippen molar-refractivity contribution in [1.82, 2.24) is 25.2 Å². The van der Waals surface area contributed by atoms with E-state index in [2.05, 4.69) is 20.6 Å². The smallest absolute Gasteiger partial charge is 0.244 e. The van der Waals surface area contributed by atoms with Crippen LogP contribution in [-0.4, -0.2) is 31.4 Å². The molecule has 0 fully saturated rings. The number of amides is 1. The first kappa shape index (κ1) is 16.2. The number of thioether (sulfide) groups is 1. The molecule has 2 aromatic heterocycles. The molecule has 122 valence electrons. The molecule has 0 saturated carbocycles. The zero-order valence-electron chi connectivity index (χ0n) is 12.8. The Morgan fingerprint density at radius 1 is 1.12 bits per heavy atom. The molecule has 0 unspecified atom stereocenters. The summed E-state index contributed by atoms with van der Waals surface area (Å²) in [5.41, 5.74) is 4.16. The van der Waals surface area contributed by atoms with Gasteiger partial charge >= 0.3 is 0 Å². The van der Waals surface area contributed by atoms with Crippen molar-refractivity contribution in [2.24, 2.45) is 5.84 Å². The van der Waals surface area contributed by atoms with Crippen molar-refractivity contribution in [3.8, 4) is 11.4 Å². The lowest BCUT2D eigenvalue weighted by Gasteiger charge is -2.10. The number of nitrogens with two attached hydrogens (primary N) is 1. The van der Waals surface area contributed by atoms with E-state index in [1.807, 2.05) is 47.0 Å². The molecule has 1 aromatic carbocycles. The number of carbonyl (C=O) groups is 1. The molecule has 0 aliphatic rings. The molecule has 3 aromatic rings. The Labute approximate surface area is 143 Å². The van der Waals surface area contributed by atoms with Gasteiger partial charge in [0.2, 0.25) is 5.91 Å². The maximum atomic E-state index is 11.4. The van der Waals surface area contributed by atoms with Crippen LogP contribution in [0.1, 0.15) is 5.56 Å². The van der Waals surface area contributed by atoms with Gasteiger partial charge in [-0.15, -0.1) is 10.2 Å². The van der Waals surface area contributed by atoms with Crippen LogP contribution in [0.2, 0.25) is 0 Å². The Balaban J connectivity index is 1.94. The molecule has 0 bridgehead atoms. The predicted octanol–water partition coefficient (Wildman–Crippen LogP) is 1.47. The van der Waals surface area contributed by atoms with Crippen LogP contribution in [-0.2, 0) is 11.3 Å². The molecule has 3 rings (SSSR count). The topological polar surface area (TPSA) is 98.7 Å². The van der Waals surface area contributed by atoms with Gasteiger partial charge in [0, 0.05) is 18.0 Å². The van der Waals surface area contributed by atoms with Crippen LogP contribution in [0.4, 0.5) is 0 Å². The van der Waals surface area contributed by atoms with Gasteiger partial charge in [0.15, 0.2) is 11.0 Å². The molecule has 3 N–H and O–H groups in total. The van der Waals surface area contributed by atoms with Gasteiger partial charge in [0.1, 0.15) is 0 Å². The molecular weight excluding hydrogens is 324 g/mol. The molecule has 2 heterocycles. The average molecular weight is 340 g/mol. The molecule has 0 aliphatic heterocycles. The number of rotatable bonds is 6. The quantitative estimate of drug-likeness (QED) is 0.305. The first-order chi connectivity index (χ1) is 11.8. The van der Waals surface area contributed by atoms with Gasteiger partial charge in [-0.3, -0.25) is 19.8 Å². The zero-order chi connectivity index (χ0) is 16.8. The maximum absolute atomic E-state index is 11.4. The SMILES string of the molecule is NNC(=O)CSc1nnc(-c2ccncc2)n1Cc1ccccc1. The maximum Gasteiger partial charge on any atom is 0.244 e. The summed E-state index contributed by atoms with van der Waals surface area (Å²) >= 11 is 1.30. The molecule has 1 amide bonds. The van der Waals surface area contributed by atoms with Crippen molar-refractivity contribution >= 4 is 17.7 Å². The number of nitrogens with one attached hydrogen (secondary N) is 1. The van der Waals surface area contributed by atoms with Gasteiger partial charge in [0.25, 0.3) is 0 Å². The summed E-state index contributed by atoms with van der Waals surface area (Å²) in [6.07, 6.45) is 3.43. The number of carbonyl (C=O) groups excluding carboxylic acids is 1. The van der Waals surface area contributed by atoms with Crippen LogP contribution < -0.4 is 11.3 Å². The monoisotopic (exact) mass is 340 g/mol. The minimum Gasteiger partial charge on any atom is -0.298 e. The Morgan fingerprint density at radius 3 is 2.58 bits per heavy atom. The Hall–Kier alpha value is -2.71. The Morgan fingerprint density at radius 2 is 1.88 bits per heavy atom. The van der Waals surface area contributed by atoms with Crippen LogP contribution in [0.5, 0.6) is 0 Å². The van der Waals surface area contributed by atoms with Gasteiger partial charge in [-0.05, 0) is 17.7 Å². The van der Waals surface area contributed by atoms with Crippen molar-refractivity contribution in [2.45, 2.75) is 11.7 Å². The zero-order valence-corrected chi connectivity index (χ0v) is 13.6. The summed E-state index contributed by atoms with van der Waals surface area (Å²) < 4.78 is 1.99. The number of hydrogen-bond donors (Lipinski definition) is 2. The normalized spacial score (nSPS) is 10.5. The summed E-state index contributed by atoms with van der Waals surface area (Å²) in [6, 6.07) is 13.8. The highest BCUT2D eigenvalue weighted by molar-refractivity contribution is 7.99. The van der Waals surface area contributed by atoms with Crippen molar-refractivity contribution in [1.29, 1.82) is 0 Å². The van der Waals surface area contributed by atoms with Gasteiger partial charge in [-0.1, -0.05) is 42.1 Å². The van der Waals surface area contributed by atoms with Gasteiger partial charge in [-0.25, -0.2) is 5.84 Å². The van der Waals surface area contributed by atoms with Gasteiger partial charge in [0.05, 0.1) is 12.3 Å².